The fraction of sp³-hybridized carbons (Fsp3) is 1.00. The third-order valence-electron chi connectivity index (χ3n) is 2.99. The summed E-state index contributed by atoms with van der Waals surface area (Å²) in [6.45, 7) is 6.65. The molecule has 0 heterocycles. The standard InChI is InChI=1S/C12H28OSi.Ti/c1-4-7-10-14(13,11-8-5-2)12-9-6-3;/h13H,4-12H2,1-3H3;. The Morgan fingerprint density at radius 2 is 1.00 bits per heavy atom. The van der Waals surface area contributed by atoms with Crippen LogP contribution in [0, 0.1) is 0 Å². The third-order valence-corrected chi connectivity index (χ3v) is 6.84. The molecule has 0 aliphatic carbocycles. The first-order chi connectivity index (χ1) is 6.68. The average Bonchev–Trinajstić information content (AvgIpc) is 2.21. The van der Waals surface area contributed by atoms with Crippen molar-refractivity contribution >= 4 is 8.32 Å². The van der Waals surface area contributed by atoms with Gasteiger partial charge in [0.25, 0.3) is 0 Å². The van der Waals surface area contributed by atoms with Crippen molar-refractivity contribution in [1.82, 2.24) is 0 Å². The number of hydrogen-bond donors (Lipinski definition) is 1. The molecular formula is C12H28OSiTi. The van der Waals surface area contributed by atoms with Crippen LogP contribution in [0.1, 0.15) is 59.3 Å². The van der Waals surface area contributed by atoms with Crippen molar-refractivity contribution in [2.24, 2.45) is 0 Å². The molecule has 1 nitrogen and oxygen atoms in total. The van der Waals surface area contributed by atoms with Crippen molar-refractivity contribution in [2.45, 2.75) is 77.4 Å². The Morgan fingerprint density at radius 1 is 0.733 bits per heavy atom. The molecule has 0 saturated heterocycles. The van der Waals surface area contributed by atoms with E-state index < -0.39 is 8.32 Å². The van der Waals surface area contributed by atoms with Crippen LogP contribution in [0.2, 0.25) is 18.1 Å². The molecule has 15 heavy (non-hydrogen) atoms. The molecule has 0 bridgehead atoms. The first-order valence-corrected chi connectivity index (χ1v) is 8.97. The van der Waals surface area contributed by atoms with Crippen LogP contribution in [0.4, 0.5) is 0 Å². The van der Waals surface area contributed by atoms with Crippen molar-refractivity contribution in [3.8, 4) is 0 Å². The minimum absolute atomic E-state index is 0. The van der Waals surface area contributed by atoms with Crippen LogP contribution in [0.15, 0.2) is 0 Å². The number of unbranched alkanes of at least 4 members (excludes halogenated alkanes) is 3. The summed E-state index contributed by atoms with van der Waals surface area (Å²) in [6, 6.07) is 3.43. The smallest absolute Gasteiger partial charge is 0.188 e. The second-order valence-corrected chi connectivity index (χ2v) is 8.48. The van der Waals surface area contributed by atoms with Crippen molar-refractivity contribution < 1.29 is 26.5 Å². The summed E-state index contributed by atoms with van der Waals surface area (Å²) >= 11 is 0. The van der Waals surface area contributed by atoms with E-state index in [0.717, 1.165) is 18.1 Å². The minimum atomic E-state index is -1.81. The van der Waals surface area contributed by atoms with Crippen molar-refractivity contribution in [1.29, 1.82) is 0 Å². The molecule has 0 unspecified atom stereocenters. The van der Waals surface area contributed by atoms with Crippen LogP contribution >= 0.6 is 0 Å². The largest absolute Gasteiger partial charge is 0.432 e. The second-order valence-electron chi connectivity index (χ2n) is 4.54. The van der Waals surface area contributed by atoms with Crippen LogP contribution in [0.3, 0.4) is 0 Å². The zero-order chi connectivity index (χ0) is 10.9. The van der Waals surface area contributed by atoms with E-state index in [1.165, 1.54) is 38.5 Å². The molecule has 3 heteroatoms. The van der Waals surface area contributed by atoms with E-state index in [1.54, 1.807) is 0 Å². The van der Waals surface area contributed by atoms with Gasteiger partial charge in [0.05, 0.1) is 0 Å². The fourth-order valence-corrected chi connectivity index (χ4v) is 5.68. The molecular weight excluding hydrogens is 236 g/mol. The Balaban J connectivity index is 0. The van der Waals surface area contributed by atoms with Crippen LogP contribution in [-0.2, 0) is 21.7 Å². The molecule has 0 spiro atoms. The van der Waals surface area contributed by atoms with Gasteiger partial charge in [0.2, 0.25) is 0 Å². The Labute approximate surface area is 112 Å². The first kappa shape index (κ1) is 18.3. The van der Waals surface area contributed by atoms with Gasteiger partial charge in [-0.25, -0.2) is 0 Å². The van der Waals surface area contributed by atoms with E-state index in [9.17, 15) is 4.80 Å². The first-order valence-electron chi connectivity index (χ1n) is 6.41. The van der Waals surface area contributed by atoms with Crippen molar-refractivity contribution in [2.75, 3.05) is 0 Å². The Morgan fingerprint density at radius 3 is 1.20 bits per heavy atom. The van der Waals surface area contributed by atoms with Crippen LogP contribution in [-0.4, -0.2) is 13.1 Å². The van der Waals surface area contributed by atoms with Gasteiger partial charge in [-0.15, -0.1) is 0 Å². The van der Waals surface area contributed by atoms with Crippen LogP contribution in [0.5, 0.6) is 0 Å². The minimum Gasteiger partial charge on any atom is -0.432 e. The zero-order valence-electron chi connectivity index (χ0n) is 10.8. The molecule has 0 saturated carbocycles. The van der Waals surface area contributed by atoms with Gasteiger partial charge in [-0.3, -0.25) is 0 Å². The molecule has 0 radical (unpaired) electrons. The third kappa shape index (κ3) is 9.80. The van der Waals surface area contributed by atoms with Gasteiger partial charge in [-0.1, -0.05) is 59.3 Å². The predicted octanol–water partition coefficient (Wildman–Crippen LogP) is 4.32. The summed E-state index contributed by atoms with van der Waals surface area (Å²) < 4.78 is 0. The topological polar surface area (TPSA) is 20.2 Å². The Kier molecular flexibility index (Phi) is 13.9. The molecule has 0 aromatic carbocycles. The van der Waals surface area contributed by atoms with E-state index >= 15 is 0 Å². The maximum Gasteiger partial charge on any atom is 0.188 e. The van der Waals surface area contributed by atoms with E-state index in [0.29, 0.717) is 0 Å². The summed E-state index contributed by atoms with van der Waals surface area (Å²) in [7, 11) is -1.81. The van der Waals surface area contributed by atoms with Gasteiger partial charge in [0.15, 0.2) is 8.32 Å². The second kappa shape index (κ2) is 11.4. The summed E-state index contributed by atoms with van der Waals surface area (Å²) in [6.07, 6.45) is 7.39. The van der Waals surface area contributed by atoms with Gasteiger partial charge in [-0.2, -0.15) is 0 Å². The Hall–Kier alpha value is 0.891. The van der Waals surface area contributed by atoms with Gasteiger partial charge in [0.1, 0.15) is 0 Å². The summed E-state index contributed by atoms with van der Waals surface area (Å²) in [5, 5.41) is 0. The molecule has 1 N–H and O–H groups in total. The molecule has 0 aliphatic heterocycles. The van der Waals surface area contributed by atoms with Gasteiger partial charge in [-0.05, 0) is 18.1 Å². The van der Waals surface area contributed by atoms with Gasteiger partial charge < -0.3 is 4.80 Å². The Bertz CT molecular complexity index is 109. The molecule has 0 aliphatic rings. The van der Waals surface area contributed by atoms with Crippen LogP contribution in [0.25, 0.3) is 0 Å². The molecule has 0 aromatic heterocycles. The maximum atomic E-state index is 10.5. The van der Waals surface area contributed by atoms with Gasteiger partial charge >= 0.3 is 0 Å². The summed E-state index contributed by atoms with van der Waals surface area (Å²) in [5.41, 5.74) is 0. The van der Waals surface area contributed by atoms with E-state index in [4.69, 9.17) is 0 Å². The summed E-state index contributed by atoms with van der Waals surface area (Å²) in [4.78, 5) is 10.5. The number of hydrogen-bond acceptors (Lipinski definition) is 1. The zero-order valence-corrected chi connectivity index (χ0v) is 13.4. The van der Waals surface area contributed by atoms with Crippen molar-refractivity contribution in [3.05, 3.63) is 0 Å². The van der Waals surface area contributed by atoms with E-state index in [-0.39, 0.29) is 21.7 Å². The van der Waals surface area contributed by atoms with Gasteiger partial charge in [0, 0.05) is 21.7 Å². The predicted molar refractivity (Wildman–Crippen MR) is 67.1 cm³/mol. The molecule has 0 amide bonds. The van der Waals surface area contributed by atoms with Crippen LogP contribution < -0.4 is 0 Å². The number of rotatable bonds is 9. The average molecular weight is 264 g/mol. The molecule has 0 atom stereocenters. The maximum absolute atomic E-state index is 10.5. The monoisotopic (exact) mass is 264 g/mol. The van der Waals surface area contributed by atoms with E-state index in [1.807, 2.05) is 0 Å². The normalized spacial score (nSPS) is 11.2. The molecule has 0 rings (SSSR count). The molecule has 90 valence electrons. The quantitative estimate of drug-likeness (QED) is 0.615. The molecule has 0 fully saturated rings. The van der Waals surface area contributed by atoms with Crippen molar-refractivity contribution in [3.63, 3.8) is 0 Å². The van der Waals surface area contributed by atoms with E-state index in [2.05, 4.69) is 20.8 Å². The fourth-order valence-electron chi connectivity index (χ4n) is 1.89. The SMILES string of the molecule is CCCC[Si](O)(CCCC)CCCC.[Ti]. The summed E-state index contributed by atoms with van der Waals surface area (Å²) in [5.74, 6) is 0. The molecule has 0 aromatic rings.